The van der Waals surface area contributed by atoms with Crippen LogP contribution in [0.4, 0.5) is 5.82 Å². The van der Waals surface area contributed by atoms with E-state index in [-0.39, 0.29) is 10.9 Å². The van der Waals surface area contributed by atoms with Crippen LogP contribution in [-0.4, -0.2) is 32.2 Å². The van der Waals surface area contributed by atoms with Gasteiger partial charge in [0.15, 0.2) is 9.84 Å². The minimum absolute atomic E-state index is 0.259. The standard InChI is InChI=1S/C13H21N3O2S/c1-19(17,18)12-6-3-7-15-13(12)16-9-10-4-2-5-11(14)8-10/h3,6-7,10-11H,2,4-5,8-9,14H2,1H3,(H,15,16). The minimum Gasteiger partial charge on any atom is -0.369 e. The van der Waals surface area contributed by atoms with Gasteiger partial charge in [0.2, 0.25) is 0 Å². The molecule has 1 aliphatic rings. The van der Waals surface area contributed by atoms with Gasteiger partial charge in [-0.2, -0.15) is 0 Å². The van der Waals surface area contributed by atoms with Crippen LogP contribution in [0.3, 0.4) is 0 Å². The molecule has 1 aromatic heterocycles. The highest BCUT2D eigenvalue weighted by molar-refractivity contribution is 7.90. The highest BCUT2D eigenvalue weighted by Crippen LogP contribution is 2.24. The number of nitrogens with zero attached hydrogens (tertiary/aromatic N) is 1. The van der Waals surface area contributed by atoms with Crippen LogP contribution in [0.15, 0.2) is 23.2 Å². The lowest BCUT2D eigenvalue weighted by Crippen LogP contribution is -2.31. The third-order valence-electron chi connectivity index (χ3n) is 3.55. The Hall–Kier alpha value is -1.14. The highest BCUT2D eigenvalue weighted by atomic mass is 32.2. The van der Waals surface area contributed by atoms with Crippen LogP contribution in [0.2, 0.25) is 0 Å². The Morgan fingerprint density at radius 1 is 1.47 bits per heavy atom. The van der Waals surface area contributed by atoms with E-state index < -0.39 is 9.84 Å². The number of hydrogen-bond donors (Lipinski definition) is 2. The van der Waals surface area contributed by atoms with E-state index in [0.29, 0.717) is 11.7 Å². The lowest BCUT2D eigenvalue weighted by molar-refractivity contribution is 0.334. The summed E-state index contributed by atoms with van der Waals surface area (Å²) in [6.07, 6.45) is 7.18. The van der Waals surface area contributed by atoms with Gasteiger partial charge in [0.1, 0.15) is 10.7 Å². The quantitative estimate of drug-likeness (QED) is 0.873. The Morgan fingerprint density at radius 3 is 2.95 bits per heavy atom. The van der Waals surface area contributed by atoms with Gasteiger partial charge in [0.25, 0.3) is 0 Å². The van der Waals surface area contributed by atoms with Gasteiger partial charge in [0, 0.05) is 25.0 Å². The van der Waals surface area contributed by atoms with Gasteiger partial charge >= 0.3 is 0 Å². The van der Waals surface area contributed by atoms with Crippen LogP contribution in [0.1, 0.15) is 25.7 Å². The van der Waals surface area contributed by atoms with E-state index in [1.165, 1.54) is 6.26 Å². The second kappa shape index (κ2) is 5.88. The second-order valence-electron chi connectivity index (χ2n) is 5.30. The summed E-state index contributed by atoms with van der Waals surface area (Å²) in [5.74, 6) is 0.947. The minimum atomic E-state index is -3.25. The highest BCUT2D eigenvalue weighted by Gasteiger charge is 2.20. The molecule has 0 aromatic carbocycles. The summed E-state index contributed by atoms with van der Waals surface area (Å²) in [5, 5.41) is 3.16. The summed E-state index contributed by atoms with van der Waals surface area (Å²) < 4.78 is 23.3. The van der Waals surface area contributed by atoms with Crippen molar-refractivity contribution in [3.05, 3.63) is 18.3 Å². The molecule has 5 nitrogen and oxygen atoms in total. The first-order valence-corrected chi connectivity index (χ1v) is 8.50. The number of pyridine rings is 1. The van der Waals surface area contributed by atoms with E-state index >= 15 is 0 Å². The van der Waals surface area contributed by atoms with Crippen LogP contribution in [0.25, 0.3) is 0 Å². The van der Waals surface area contributed by atoms with Crippen LogP contribution >= 0.6 is 0 Å². The molecule has 0 amide bonds. The monoisotopic (exact) mass is 283 g/mol. The van der Waals surface area contributed by atoms with Crippen LogP contribution in [0, 0.1) is 5.92 Å². The van der Waals surface area contributed by atoms with Gasteiger partial charge in [-0.15, -0.1) is 0 Å². The van der Waals surface area contributed by atoms with Gasteiger partial charge in [-0.3, -0.25) is 0 Å². The maximum atomic E-state index is 11.7. The number of sulfone groups is 1. The molecule has 106 valence electrons. The molecule has 0 spiro atoms. The number of hydrogen-bond acceptors (Lipinski definition) is 5. The molecule has 1 saturated carbocycles. The molecule has 0 saturated heterocycles. The Balaban J connectivity index is 2.04. The molecule has 3 N–H and O–H groups in total. The first-order chi connectivity index (χ1) is 8.97. The van der Waals surface area contributed by atoms with Crippen molar-refractivity contribution in [1.82, 2.24) is 4.98 Å². The second-order valence-corrected chi connectivity index (χ2v) is 7.28. The van der Waals surface area contributed by atoms with Crippen LogP contribution in [-0.2, 0) is 9.84 Å². The fourth-order valence-corrected chi connectivity index (χ4v) is 3.38. The molecule has 1 aliphatic carbocycles. The van der Waals surface area contributed by atoms with E-state index in [0.717, 1.165) is 32.2 Å². The largest absolute Gasteiger partial charge is 0.369 e. The summed E-state index contributed by atoms with van der Waals surface area (Å²) in [6.45, 7) is 0.729. The fourth-order valence-electron chi connectivity index (χ4n) is 2.58. The Kier molecular flexibility index (Phi) is 4.42. The van der Waals surface area contributed by atoms with Crippen molar-refractivity contribution in [1.29, 1.82) is 0 Å². The van der Waals surface area contributed by atoms with Crippen molar-refractivity contribution >= 4 is 15.7 Å². The predicted octanol–water partition coefficient (Wildman–Crippen LogP) is 1.41. The zero-order valence-corrected chi connectivity index (χ0v) is 12.0. The average Bonchev–Trinajstić information content (AvgIpc) is 2.36. The van der Waals surface area contributed by atoms with Crippen LogP contribution < -0.4 is 11.1 Å². The molecule has 1 aromatic rings. The van der Waals surface area contributed by atoms with E-state index in [1.54, 1.807) is 18.3 Å². The molecule has 1 fully saturated rings. The van der Waals surface area contributed by atoms with E-state index in [9.17, 15) is 8.42 Å². The molecular weight excluding hydrogens is 262 g/mol. The van der Waals surface area contributed by atoms with E-state index in [2.05, 4.69) is 10.3 Å². The summed E-state index contributed by atoms with van der Waals surface area (Å²) in [5.41, 5.74) is 5.95. The molecule has 1 heterocycles. The lowest BCUT2D eigenvalue weighted by Gasteiger charge is -2.27. The van der Waals surface area contributed by atoms with Crippen molar-refractivity contribution in [3.63, 3.8) is 0 Å². The fraction of sp³-hybridized carbons (Fsp3) is 0.615. The maximum Gasteiger partial charge on any atom is 0.179 e. The first kappa shape index (κ1) is 14.3. The summed E-state index contributed by atoms with van der Waals surface area (Å²) >= 11 is 0. The van der Waals surface area contributed by atoms with Crippen molar-refractivity contribution in [2.45, 2.75) is 36.6 Å². The van der Waals surface area contributed by atoms with Gasteiger partial charge < -0.3 is 11.1 Å². The molecule has 2 rings (SSSR count). The maximum absolute atomic E-state index is 11.7. The Labute approximate surface area is 114 Å². The summed E-state index contributed by atoms with van der Waals surface area (Å²) in [4.78, 5) is 4.39. The van der Waals surface area contributed by atoms with Gasteiger partial charge in [-0.1, -0.05) is 6.42 Å². The third kappa shape index (κ3) is 3.91. The smallest absolute Gasteiger partial charge is 0.179 e. The molecule has 2 unspecified atom stereocenters. The number of anilines is 1. The number of nitrogens with one attached hydrogen (secondary N) is 1. The Bertz CT molecular complexity index is 530. The van der Waals surface area contributed by atoms with E-state index in [1.807, 2.05) is 0 Å². The third-order valence-corrected chi connectivity index (χ3v) is 4.68. The van der Waals surface area contributed by atoms with Crippen LogP contribution in [0.5, 0.6) is 0 Å². The number of aromatic nitrogens is 1. The first-order valence-electron chi connectivity index (χ1n) is 6.61. The lowest BCUT2D eigenvalue weighted by atomic mass is 9.86. The van der Waals surface area contributed by atoms with Crippen molar-refractivity contribution in [3.8, 4) is 0 Å². The molecule has 2 atom stereocenters. The topological polar surface area (TPSA) is 85.1 Å². The predicted molar refractivity (Wildman–Crippen MR) is 75.8 cm³/mol. The average molecular weight is 283 g/mol. The molecule has 0 aliphatic heterocycles. The molecule has 6 heteroatoms. The summed E-state index contributed by atoms with van der Waals surface area (Å²) in [6, 6.07) is 3.49. The SMILES string of the molecule is CS(=O)(=O)c1cccnc1NCC1CCCC(N)C1. The molecule has 0 bridgehead atoms. The van der Waals surface area contributed by atoms with Gasteiger partial charge in [-0.05, 0) is 37.3 Å². The zero-order chi connectivity index (χ0) is 13.9. The molecule has 0 radical (unpaired) electrons. The van der Waals surface area contributed by atoms with E-state index in [4.69, 9.17) is 5.73 Å². The van der Waals surface area contributed by atoms with Crippen molar-refractivity contribution in [2.75, 3.05) is 18.1 Å². The Morgan fingerprint density at radius 2 is 2.26 bits per heavy atom. The number of rotatable bonds is 4. The van der Waals surface area contributed by atoms with Gasteiger partial charge in [0.05, 0.1) is 0 Å². The van der Waals surface area contributed by atoms with Crippen molar-refractivity contribution in [2.24, 2.45) is 11.7 Å². The molecular formula is C13H21N3O2S. The zero-order valence-electron chi connectivity index (χ0n) is 11.2. The number of nitrogens with two attached hydrogens (primary N) is 1. The normalized spacial score (nSPS) is 24.1. The molecule has 19 heavy (non-hydrogen) atoms. The van der Waals surface area contributed by atoms with Crippen molar-refractivity contribution < 1.29 is 8.42 Å². The van der Waals surface area contributed by atoms with Gasteiger partial charge in [-0.25, -0.2) is 13.4 Å². The summed E-state index contributed by atoms with van der Waals surface area (Å²) in [7, 11) is -3.25.